The molecule has 1 aliphatic carbocycles. The maximum atomic E-state index is 12.9. The Morgan fingerprint density at radius 1 is 1.06 bits per heavy atom. The number of hydrogen-bond donors (Lipinski definition) is 2. The lowest BCUT2D eigenvalue weighted by Crippen LogP contribution is -2.48. The molecule has 1 heterocycles. The number of piperidine rings is 1. The van der Waals surface area contributed by atoms with Crippen molar-refractivity contribution in [2.45, 2.75) is 45.6 Å². The van der Waals surface area contributed by atoms with Crippen molar-refractivity contribution in [3.8, 4) is 11.1 Å². The Bertz CT molecular complexity index is 1050. The van der Waals surface area contributed by atoms with Gasteiger partial charge in [-0.05, 0) is 40.5 Å². The standard InChI is InChI=1S/C28H34N2O5/c1-17(2)25(14-26(31)30-13-12-19(27(32)33)18(3)15-30)29-28(34)35-16-24-22-10-6-4-8-20(22)21-9-5-7-11-23(21)24/h4-11,17-19,24-25H,12-16H2,1-3H3,(H,29,34)(H,32,33)/t18?,19?,25-/m0/s1. The van der Waals surface area contributed by atoms with Crippen LogP contribution in [0.5, 0.6) is 0 Å². The van der Waals surface area contributed by atoms with Gasteiger partial charge < -0.3 is 20.1 Å². The third-order valence-corrected chi connectivity index (χ3v) is 7.42. The Morgan fingerprint density at radius 3 is 2.20 bits per heavy atom. The summed E-state index contributed by atoms with van der Waals surface area (Å²) in [5, 5.41) is 12.2. The highest BCUT2D eigenvalue weighted by atomic mass is 16.5. The van der Waals surface area contributed by atoms with E-state index < -0.39 is 18.0 Å². The third-order valence-electron chi connectivity index (χ3n) is 7.42. The minimum absolute atomic E-state index is 0.0238. The van der Waals surface area contributed by atoms with Gasteiger partial charge in [0.25, 0.3) is 0 Å². The van der Waals surface area contributed by atoms with Gasteiger partial charge in [0, 0.05) is 31.5 Å². The van der Waals surface area contributed by atoms with Crippen LogP contribution in [-0.2, 0) is 14.3 Å². The molecule has 2 aromatic rings. The van der Waals surface area contributed by atoms with Crippen LogP contribution in [0.2, 0.25) is 0 Å². The molecule has 1 fully saturated rings. The average Bonchev–Trinajstić information content (AvgIpc) is 3.15. The second-order valence-corrected chi connectivity index (χ2v) is 10.1. The van der Waals surface area contributed by atoms with Crippen molar-refractivity contribution in [2.75, 3.05) is 19.7 Å². The second-order valence-electron chi connectivity index (χ2n) is 10.1. The number of nitrogens with one attached hydrogen (secondary N) is 1. The molecule has 1 aliphatic heterocycles. The minimum Gasteiger partial charge on any atom is -0.481 e. The summed E-state index contributed by atoms with van der Waals surface area (Å²) in [5.41, 5.74) is 4.64. The minimum atomic E-state index is -0.804. The number of hydrogen-bond acceptors (Lipinski definition) is 4. The number of carboxylic acid groups (broad SMARTS) is 1. The molecule has 1 saturated heterocycles. The van der Waals surface area contributed by atoms with E-state index in [2.05, 4.69) is 29.6 Å². The molecule has 2 amide bonds. The number of carbonyl (C=O) groups excluding carboxylic acids is 2. The van der Waals surface area contributed by atoms with Gasteiger partial charge in [0.05, 0.1) is 5.92 Å². The number of alkyl carbamates (subject to hydrolysis) is 1. The van der Waals surface area contributed by atoms with Crippen molar-refractivity contribution < 1.29 is 24.2 Å². The topological polar surface area (TPSA) is 95.9 Å². The Kier molecular flexibility index (Phi) is 7.43. The van der Waals surface area contributed by atoms with Crippen molar-refractivity contribution in [3.05, 3.63) is 59.7 Å². The Balaban J connectivity index is 1.34. The zero-order valence-corrected chi connectivity index (χ0v) is 20.6. The largest absolute Gasteiger partial charge is 0.481 e. The Hall–Kier alpha value is -3.35. The van der Waals surface area contributed by atoms with E-state index in [-0.39, 0.29) is 42.7 Å². The predicted molar refractivity (Wildman–Crippen MR) is 133 cm³/mol. The molecule has 2 N–H and O–H groups in total. The number of aliphatic carboxylic acids is 1. The first kappa shape index (κ1) is 24.8. The molecule has 0 spiro atoms. The van der Waals surface area contributed by atoms with Gasteiger partial charge in [-0.2, -0.15) is 0 Å². The summed E-state index contributed by atoms with van der Waals surface area (Å²) in [5.74, 6) is -1.38. The van der Waals surface area contributed by atoms with E-state index in [1.54, 1.807) is 4.90 Å². The molecule has 0 saturated carbocycles. The van der Waals surface area contributed by atoms with Gasteiger partial charge in [0.1, 0.15) is 6.61 Å². The van der Waals surface area contributed by atoms with Gasteiger partial charge in [0.2, 0.25) is 5.91 Å². The van der Waals surface area contributed by atoms with Gasteiger partial charge >= 0.3 is 12.1 Å². The molecule has 186 valence electrons. The summed E-state index contributed by atoms with van der Waals surface area (Å²) in [6, 6.07) is 16.0. The fourth-order valence-corrected chi connectivity index (χ4v) is 5.30. The lowest BCUT2D eigenvalue weighted by atomic mass is 9.86. The molecule has 2 unspecified atom stereocenters. The molecule has 7 nitrogen and oxygen atoms in total. The van der Waals surface area contributed by atoms with Gasteiger partial charge in [-0.25, -0.2) is 4.79 Å². The van der Waals surface area contributed by atoms with Crippen LogP contribution in [0.3, 0.4) is 0 Å². The van der Waals surface area contributed by atoms with Crippen LogP contribution < -0.4 is 5.32 Å². The molecule has 0 radical (unpaired) electrons. The molecule has 4 rings (SSSR count). The highest BCUT2D eigenvalue weighted by molar-refractivity contribution is 5.80. The first-order valence-electron chi connectivity index (χ1n) is 12.4. The smallest absolute Gasteiger partial charge is 0.407 e. The number of ether oxygens (including phenoxy) is 1. The zero-order chi connectivity index (χ0) is 25.1. The molecule has 0 bridgehead atoms. The van der Waals surface area contributed by atoms with Crippen molar-refractivity contribution in [2.24, 2.45) is 17.8 Å². The second kappa shape index (κ2) is 10.5. The first-order chi connectivity index (χ1) is 16.8. The average molecular weight is 479 g/mol. The lowest BCUT2D eigenvalue weighted by molar-refractivity contribution is -0.148. The number of carbonyl (C=O) groups is 3. The van der Waals surface area contributed by atoms with Crippen LogP contribution >= 0.6 is 0 Å². The Morgan fingerprint density at radius 2 is 1.66 bits per heavy atom. The van der Waals surface area contributed by atoms with Gasteiger partial charge in [-0.3, -0.25) is 9.59 Å². The number of fused-ring (bicyclic) bond motifs is 3. The van der Waals surface area contributed by atoms with Gasteiger partial charge in [-0.15, -0.1) is 0 Å². The number of nitrogens with zero attached hydrogens (tertiary/aromatic N) is 1. The number of benzene rings is 2. The van der Waals surface area contributed by atoms with E-state index in [4.69, 9.17) is 4.74 Å². The highest BCUT2D eigenvalue weighted by Gasteiger charge is 2.34. The molecule has 0 aromatic heterocycles. The van der Waals surface area contributed by atoms with Crippen molar-refractivity contribution >= 4 is 18.0 Å². The van der Waals surface area contributed by atoms with Crippen LogP contribution in [0.4, 0.5) is 4.79 Å². The van der Waals surface area contributed by atoms with Crippen molar-refractivity contribution in [3.63, 3.8) is 0 Å². The molecule has 7 heteroatoms. The van der Waals surface area contributed by atoms with Crippen molar-refractivity contribution in [1.29, 1.82) is 0 Å². The maximum absolute atomic E-state index is 12.9. The summed E-state index contributed by atoms with van der Waals surface area (Å²) in [6.07, 6.45) is 0.0806. The normalized spacial score (nSPS) is 20.2. The van der Waals surface area contributed by atoms with Crippen LogP contribution in [-0.4, -0.2) is 53.7 Å². The molecule has 2 aromatic carbocycles. The van der Waals surface area contributed by atoms with E-state index in [1.165, 1.54) is 11.1 Å². The fraction of sp³-hybridized carbons (Fsp3) is 0.464. The van der Waals surface area contributed by atoms with Crippen LogP contribution in [0, 0.1) is 17.8 Å². The number of likely N-dealkylation sites (tertiary alicyclic amines) is 1. The van der Waals surface area contributed by atoms with Crippen molar-refractivity contribution in [1.82, 2.24) is 10.2 Å². The summed E-state index contributed by atoms with van der Waals surface area (Å²) in [4.78, 5) is 38.8. The SMILES string of the molecule is CC1CN(C(=O)C[C@H](NC(=O)OCC2c3ccccc3-c3ccccc32)C(C)C)CCC1C(=O)O. The summed E-state index contributed by atoms with van der Waals surface area (Å²) in [7, 11) is 0. The lowest BCUT2D eigenvalue weighted by Gasteiger charge is -2.36. The number of amides is 2. The first-order valence-corrected chi connectivity index (χ1v) is 12.4. The predicted octanol–water partition coefficient (Wildman–Crippen LogP) is 4.51. The quantitative estimate of drug-likeness (QED) is 0.611. The fourth-order valence-electron chi connectivity index (χ4n) is 5.30. The number of carboxylic acids is 1. The Labute approximate surface area is 206 Å². The molecular formula is C28H34N2O5. The van der Waals surface area contributed by atoms with Gasteiger partial charge in [0.15, 0.2) is 0 Å². The molecule has 3 atom stereocenters. The van der Waals surface area contributed by atoms with E-state index in [1.807, 2.05) is 45.0 Å². The zero-order valence-electron chi connectivity index (χ0n) is 20.6. The maximum Gasteiger partial charge on any atom is 0.407 e. The molecule has 2 aliphatic rings. The van der Waals surface area contributed by atoms with Crippen LogP contribution in [0.25, 0.3) is 11.1 Å². The van der Waals surface area contributed by atoms with E-state index in [9.17, 15) is 19.5 Å². The highest BCUT2D eigenvalue weighted by Crippen LogP contribution is 2.44. The third kappa shape index (κ3) is 5.34. The summed E-state index contributed by atoms with van der Waals surface area (Å²) in [6.45, 7) is 6.86. The van der Waals surface area contributed by atoms with Gasteiger partial charge in [-0.1, -0.05) is 69.3 Å². The molecular weight excluding hydrogens is 444 g/mol. The monoisotopic (exact) mass is 478 g/mol. The summed E-state index contributed by atoms with van der Waals surface area (Å²) < 4.78 is 5.66. The summed E-state index contributed by atoms with van der Waals surface area (Å²) >= 11 is 0. The van der Waals surface area contributed by atoms with E-state index >= 15 is 0 Å². The molecule has 35 heavy (non-hydrogen) atoms. The van der Waals surface area contributed by atoms with E-state index in [0.29, 0.717) is 19.5 Å². The number of rotatable bonds is 7. The van der Waals surface area contributed by atoms with Crippen LogP contribution in [0.15, 0.2) is 48.5 Å². The van der Waals surface area contributed by atoms with E-state index in [0.717, 1.165) is 11.1 Å². The van der Waals surface area contributed by atoms with Crippen LogP contribution in [0.1, 0.15) is 50.7 Å².